The quantitative estimate of drug-likeness (QED) is 0.242. The minimum absolute atomic E-state index is 0.311. The molecule has 0 radical (unpaired) electrons. The normalized spacial score (nSPS) is 18.4. The zero-order valence-corrected chi connectivity index (χ0v) is 17.6. The number of unbranched alkanes of at least 4 members (excludes halogenated alkanes) is 8. The molecule has 0 amide bonds. The summed E-state index contributed by atoms with van der Waals surface area (Å²) >= 11 is 0. The van der Waals surface area contributed by atoms with Crippen LogP contribution in [0.4, 0.5) is 0 Å². The molecule has 0 aromatic carbocycles. The van der Waals surface area contributed by atoms with Crippen LogP contribution in [0, 0.1) is 0 Å². The van der Waals surface area contributed by atoms with Crippen molar-refractivity contribution in [3.05, 3.63) is 0 Å². The molecule has 0 saturated carbocycles. The van der Waals surface area contributed by atoms with Crippen LogP contribution >= 0.6 is 0 Å². The number of hydrogen-bond donors (Lipinski definition) is 0. The van der Waals surface area contributed by atoms with Crippen LogP contribution in [0.1, 0.15) is 91.4 Å². The van der Waals surface area contributed by atoms with Gasteiger partial charge in [-0.1, -0.05) is 72.1 Å². The first-order valence-corrected chi connectivity index (χ1v) is 12.9. The molecule has 0 aromatic heterocycles. The topological polar surface area (TPSA) is 27.7 Å². The second kappa shape index (κ2) is 14.3. The molecule has 144 valence electrons. The molecular weight excluding hydrogens is 316 g/mol. The van der Waals surface area contributed by atoms with Gasteiger partial charge in [-0.2, -0.15) is 0 Å². The van der Waals surface area contributed by atoms with Gasteiger partial charge < -0.3 is 13.6 Å². The standard InChI is InChI=1S/C20H42O3Si/c1-4-7-8-9-10-11-12-13-14-18-22-24(5-2,6-3)23-19-20-16-15-17-21-20/h20H,4-19H2,1-3H3. The Bertz CT molecular complexity index is 276. The van der Waals surface area contributed by atoms with E-state index in [1.807, 2.05) is 0 Å². The predicted octanol–water partition coefficient (Wildman–Crippen LogP) is 6.21. The van der Waals surface area contributed by atoms with Gasteiger partial charge in [-0.3, -0.25) is 0 Å². The van der Waals surface area contributed by atoms with E-state index in [2.05, 4.69) is 20.8 Å². The van der Waals surface area contributed by atoms with Gasteiger partial charge in [-0.05, 0) is 31.4 Å². The lowest BCUT2D eigenvalue weighted by atomic mass is 10.1. The maximum absolute atomic E-state index is 6.31. The van der Waals surface area contributed by atoms with Crippen molar-refractivity contribution in [1.29, 1.82) is 0 Å². The Morgan fingerprint density at radius 2 is 1.46 bits per heavy atom. The van der Waals surface area contributed by atoms with E-state index < -0.39 is 8.56 Å². The fourth-order valence-electron chi connectivity index (χ4n) is 3.39. The first-order valence-electron chi connectivity index (χ1n) is 10.7. The van der Waals surface area contributed by atoms with Crippen LogP contribution in [0.3, 0.4) is 0 Å². The minimum atomic E-state index is -1.98. The van der Waals surface area contributed by atoms with Gasteiger partial charge in [0.25, 0.3) is 0 Å². The van der Waals surface area contributed by atoms with Crippen molar-refractivity contribution < 1.29 is 13.6 Å². The Morgan fingerprint density at radius 1 is 0.833 bits per heavy atom. The van der Waals surface area contributed by atoms with E-state index in [0.29, 0.717) is 6.10 Å². The largest absolute Gasteiger partial charge is 0.394 e. The zero-order valence-electron chi connectivity index (χ0n) is 16.6. The van der Waals surface area contributed by atoms with Crippen LogP contribution in [-0.2, 0) is 13.6 Å². The van der Waals surface area contributed by atoms with Gasteiger partial charge in [-0.25, -0.2) is 0 Å². The molecule has 1 saturated heterocycles. The van der Waals surface area contributed by atoms with E-state index in [9.17, 15) is 0 Å². The molecule has 0 aliphatic carbocycles. The third kappa shape index (κ3) is 9.55. The van der Waals surface area contributed by atoms with Gasteiger partial charge in [0.2, 0.25) is 0 Å². The molecule has 1 atom stereocenters. The molecule has 1 heterocycles. The van der Waals surface area contributed by atoms with Crippen LogP contribution < -0.4 is 0 Å². The van der Waals surface area contributed by atoms with E-state index in [-0.39, 0.29) is 0 Å². The zero-order chi connectivity index (χ0) is 17.5. The Labute approximate surface area is 152 Å². The number of ether oxygens (including phenoxy) is 1. The average Bonchev–Trinajstić information content (AvgIpc) is 3.13. The summed E-state index contributed by atoms with van der Waals surface area (Å²) in [6.07, 6.45) is 14.9. The highest BCUT2D eigenvalue weighted by Crippen LogP contribution is 2.22. The molecule has 1 rings (SSSR count). The number of rotatable bonds is 16. The first kappa shape index (κ1) is 22.1. The third-order valence-corrected chi connectivity index (χ3v) is 8.82. The highest BCUT2D eigenvalue weighted by atomic mass is 28.4. The maximum atomic E-state index is 6.31. The molecule has 0 spiro atoms. The Morgan fingerprint density at radius 3 is 2.00 bits per heavy atom. The SMILES string of the molecule is CCCCCCCCCCCO[Si](CC)(CC)OCC1CCCO1. The van der Waals surface area contributed by atoms with E-state index in [1.165, 1.54) is 64.2 Å². The third-order valence-electron chi connectivity index (χ3n) is 5.25. The van der Waals surface area contributed by atoms with Crippen LogP contribution in [0.25, 0.3) is 0 Å². The summed E-state index contributed by atoms with van der Waals surface area (Å²) in [7, 11) is -1.98. The molecule has 0 aromatic rings. The molecule has 1 unspecified atom stereocenters. The lowest BCUT2D eigenvalue weighted by Gasteiger charge is -2.30. The molecule has 1 fully saturated rings. The van der Waals surface area contributed by atoms with Gasteiger partial charge >= 0.3 is 8.56 Å². The molecule has 0 N–H and O–H groups in total. The summed E-state index contributed by atoms with van der Waals surface area (Å²) in [5.41, 5.74) is 0. The van der Waals surface area contributed by atoms with Crippen molar-refractivity contribution in [1.82, 2.24) is 0 Å². The minimum Gasteiger partial charge on any atom is -0.394 e. The van der Waals surface area contributed by atoms with Crippen LogP contribution in [0.2, 0.25) is 12.1 Å². The van der Waals surface area contributed by atoms with Crippen molar-refractivity contribution in [2.24, 2.45) is 0 Å². The molecule has 1 aliphatic heterocycles. The second-order valence-corrected chi connectivity index (χ2v) is 11.1. The van der Waals surface area contributed by atoms with Gasteiger partial charge in [0.05, 0.1) is 12.7 Å². The molecule has 0 bridgehead atoms. The van der Waals surface area contributed by atoms with Crippen LogP contribution in [-0.4, -0.2) is 34.5 Å². The number of hydrogen-bond acceptors (Lipinski definition) is 3. The second-order valence-electron chi connectivity index (χ2n) is 7.24. The van der Waals surface area contributed by atoms with E-state index in [0.717, 1.165) is 38.3 Å². The van der Waals surface area contributed by atoms with Crippen LogP contribution in [0.15, 0.2) is 0 Å². The van der Waals surface area contributed by atoms with Crippen molar-refractivity contribution >= 4 is 8.56 Å². The Kier molecular flexibility index (Phi) is 13.2. The summed E-state index contributed by atoms with van der Waals surface area (Å²) in [5.74, 6) is 0. The van der Waals surface area contributed by atoms with E-state index in [1.54, 1.807) is 0 Å². The van der Waals surface area contributed by atoms with Gasteiger partial charge in [0.15, 0.2) is 0 Å². The highest BCUT2D eigenvalue weighted by Gasteiger charge is 2.34. The Balaban J connectivity index is 2.05. The fraction of sp³-hybridized carbons (Fsp3) is 1.00. The monoisotopic (exact) mass is 358 g/mol. The molecular formula is C20H42O3Si. The summed E-state index contributed by atoms with van der Waals surface area (Å²) in [4.78, 5) is 0. The summed E-state index contributed by atoms with van der Waals surface area (Å²) < 4.78 is 18.3. The maximum Gasteiger partial charge on any atom is 0.337 e. The van der Waals surface area contributed by atoms with Gasteiger partial charge in [0.1, 0.15) is 0 Å². The lowest BCUT2D eigenvalue weighted by Crippen LogP contribution is -2.43. The molecule has 4 heteroatoms. The van der Waals surface area contributed by atoms with Gasteiger partial charge in [0, 0.05) is 13.2 Å². The van der Waals surface area contributed by atoms with Gasteiger partial charge in [-0.15, -0.1) is 0 Å². The molecule has 3 nitrogen and oxygen atoms in total. The summed E-state index contributed by atoms with van der Waals surface area (Å²) in [5, 5.41) is 0. The Hall–Kier alpha value is 0.0969. The highest BCUT2D eigenvalue weighted by molar-refractivity contribution is 6.67. The summed E-state index contributed by atoms with van der Waals surface area (Å²) in [6, 6.07) is 2.10. The van der Waals surface area contributed by atoms with Crippen molar-refractivity contribution in [2.75, 3.05) is 19.8 Å². The fourth-order valence-corrected chi connectivity index (χ4v) is 5.80. The van der Waals surface area contributed by atoms with Crippen molar-refractivity contribution in [3.8, 4) is 0 Å². The smallest absolute Gasteiger partial charge is 0.337 e. The molecule has 24 heavy (non-hydrogen) atoms. The average molecular weight is 359 g/mol. The van der Waals surface area contributed by atoms with E-state index in [4.69, 9.17) is 13.6 Å². The predicted molar refractivity (Wildman–Crippen MR) is 105 cm³/mol. The van der Waals surface area contributed by atoms with Crippen molar-refractivity contribution in [2.45, 2.75) is 110 Å². The lowest BCUT2D eigenvalue weighted by molar-refractivity contribution is 0.0479. The first-order chi connectivity index (χ1) is 11.8. The van der Waals surface area contributed by atoms with Crippen LogP contribution in [0.5, 0.6) is 0 Å². The van der Waals surface area contributed by atoms with E-state index >= 15 is 0 Å². The van der Waals surface area contributed by atoms with Crippen molar-refractivity contribution in [3.63, 3.8) is 0 Å². The molecule has 1 aliphatic rings. The summed E-state index contributed by atoms with van der Waals surface area (Å²) in [6.45, 7) is 9.25.